The summed E-state index contributed by atoms with van der Waals surface area (Å²) in [7, 11) is -2.88. The van der Waals surface area contributed by atoms with Crippen LogP contribution in [0.5, 0.6) is 5.75 Å². The van der Waals surface area contributed by atoms with Crippen LogP contribution in [-0.4, -0.2) is 96.3 Å². The molecule has 3 aliphatic heterocycles. The number of esters is 1. The molecule has 0 aliphatic carbocycles. The molecule has 0 saturated carbocycles. The predicted octanol–water partition coefficient (Wildman–Crippen LogP) is 1.35. The molecule has 40 heavy (non-hydrogen) atoms. The first kappa shape index (κ1) is 30.0. The number of nitrogens with one attached hydrogen (secondary N) is 1. The molecule has 3 heterocycles. The van der Waals surface area contributed by atoms with E-state index in [1.165, 1.54) is 25.9 Å². The van der Waals surface area contributed by atoms with Gasteiger partial charge in [0.2, 0.25) is 11.9 Å². The number of aliphatic hydroxyl groups is 1. The largest absolute Gasteiger partial charge is 0.480 e. The van der Waals surface area contributed by atoms with Gasteiger partial charge in [-0.25, -0.2) is 18.8 Å². The van der Waals surface area contributed by atoms with Gasteiger partial charge < -0.3 is 29.6 Å². The fourth-order valence-corrected chi connectivity index (χ4v) is 5.88. The van der Waals surface area contributed by atoms with Gasteiger partial charge >= 0.3 is 13.7 Å². The van der Waals surface area contributed by atoms with Crippen LogP contribution in [0.3, 0.4) is 0 Å². The summed E-state index contributed by atoms with van der Waals surface area (Å²) in [5, 5.41) is 13.4. The number of guanidine groups is 1. The number of para-hydroxylation sites is 1. The first-order valence-electron chi connectivity index (χ1n) is 12.6. The zero-order chi connectivity index (χ0) is 29.2. The Labute approximate surface area is 231 Å². The van der Waals surface area contributed by atoms with Crippen molar-refractivity contribution in [3.05, 3.63) is 30.3 Å². The summed E-state index contributed by atoms with van der Waals surface area (Å²) in [6.07, 6.45) is -5.57. The number of nitrogens with zero attached hydrogens (tertiary/aromatic N) is 4. The Kier molecular flexibility index (Phi) is 8.93. The van der Waals surface area contributed by atoms with Crippen molar-refractivity contribution >= 4 is 31.3 Å². The third kappa shape index (κ3) is 6.35. The topological polar surface area (TPSA) is 179 Å². The third-order valence-corrected chi connectivity index (χ3v) is 7.94. The molecule has 7 unspecified atom stereocenters. The average molecular weight is 585 g/mol. The van der Waals surface area contributed by atoms with Crippen LogP contribution < -0.4 is 15.3 Å². The van der Waals surface area contributed by atoms with Crippen molar-refractivity contribution in [1.82, 2.24) is 9.99 Å². The summed E-state index contributed by atoms with van der Waals surface area (Å²) in [6, 6.07) is 7.06. The van der Waals surface area contributed by atoms with Gasteiger partial charge in [0.1, 0.15) is 29.7 Å². The lowest BCUT2D eigenvalue weighted by atomic mass is 9.98. The van der Waals surface area contributed by atoms with Gasteiger partial charge in [-0.3, -0.25) is 14.3 Å². The van der Waals surface area contributed by atoms with Crippen LogP contribution in [0.25, 0.3) is 0 Å². The lowest BCUT2D eigenvalue weighted by Gasteiger charge is -2.34. The molecule has 4 N–H and O–H groups in total. The molecule has 0 bridgehead atoms. The van der Waals surface area contributed by atoms with Crippen LogP contribution in [0.1, 0.15) is 27.7 Å². The smallest absolute Gasteiger partial charge is 0.459 e. The maximum Gasteiger partial charge on any atom is 0.459 e. The standard InChI is InChI=1S/C24H34FN6O8P/c1-13(2)37-21(33)14(3)30-40(34,39-15-9-7-6-8-10-15)36-11-16-18(32)24(4,25)22(38-16)31-12-27-17-19(31)28-23(26)29-20(17)35-5/h6-10,13-14,16,18-19,22,32H,11-12H2,1-5H3,(H2,26,28)(H,30,34). The molecular formula is C24H34FN6O8P. The van der Waals surface area contributed by atoms with E-state index < -0.39 is 62.7 Å². The van der Waals surface area contributed by atoms with E-state index in [9.17, 15) is 14.5 Å². The fourth-order valence-electron chi connectivity index (χ4n) is 4.38. The van der Waals surface area contributed by atoms with Gasteiger partial charge in [-0.1, -0.05) is 18.2 Å². The number of fused-ring (bicyclic) bond motifs is 1. The van der Waals surface area contributed by atoms with Crippen molar-refractivity contribution in [3.8, 4) is 5.75 Å². The molecule has 3 aliphatic rings. The summed E-state index contributed by atoms with van der Waals surface area (Å²) >= 11 is 0. The third-order valence-electron chi connectivity index (χ3n) is 6.30. The van der Waals surface area contributed by atoms with Gasteiger partial charge in [-0.2, -0.15) is 10.1 Å². The zero-order valence-corrected chi connectivity index (χ0v) is 23.7. The van der Waals surface area contributed by atoms with Gasteiger partial charge in [0.15, 0.2) is 18.1 Å². The molecule has 220 valence electrons. The Bertz CT molecular complexity index is 1230. The summed E-state index contributed by atoms with van der Waals surface area (Å²) in [5.41, 5.74) is 3.82. The van der Waals surface area contributed by atoms with Crippen LogP contribution in [0, 0.1) is 0 Å². The van der Waals surface area contributed by atoms with Crippen LogP contribution in [0.15, 0.2) is 45.3 Å². The molecule has 14 nitrogen and oxygen atoms in total. The number of methoxy groups -OCH3 is 1. The van der Waals surface area contributed by atoms with Gasteiger partial charge in [0.25, 0.3) is 0 Å². The van der Waals surface area contributed by atoms with Crippen LogP contribution in [-0.2, 0) is 28.1 Å². The number of rotatable bonds is 10. The molecule has 16 heteroatoms. The van der Waals surface area contributed by atoms with E-state index in [0.29, 0.717) is 5.71 Å². The van der Waals surface area contributed by atoms with E-state index in [1.54, 1.807) is 44.2 Å². The molecule has 0 amide bonds. The number of aliphatic imine (C=N–C) groups is 3. The summed E-state index contributed by atoms with van der Waals surface area (Å²) < 4.78 is 57.2. The number of carbonyl (C=O) groups is 1. The average Bonchev–Trinajstić information content (AvgIpc) is 3.40. The Hall–Kier alpha value is -2.94. The number of hydrogen-bond acceptors (Lipinski definition) is 13. The second kappa shape index (κ2) is 11.9. The highest BCUT2D eigenvalue weighted by atomic mass is 31.2. The molecule has 7 atom stereocenters. The number of halogens is 1. The molecule has 0 radical (unpaired) electrons. The second-order valence-corrected chi connectivity index (χ2v) is 11.5. The van der Waals surface area contributed by atoms with Crippen LogP contribution in [0.4, 0.5) is 4.39 Å². The summed E-state index contributed by atoms with van der Waals surface area (Å²) in [6.45, 7) is 5.37. The molecule has 1 fully saturated rings. The lowest BCUT2D eigenvalue weighted by molar-refractivity contribution is -0.149. The SMILES string of the molecule is COC1=NC(N)=NC2C1=NCN2C1OC(COP(=O)(NC(C)C(=O)OC(C)C)Oc2ccccc2)C(O)C1(C)F. The first-order valence-corrected chi connectivity index (χ1v) is 14.1. The molecular weight excluding hydrogens is 550 g/mol. The molecule has 1 saturated heterocycles. The van der Waals surface area contributed by atoms with E-state index in [4.69, 9.17) is 29.0 Å². The minimum atomic E-state index is -4.28. The van der Waals surface area contributed by atoms with Crippen molar-refractivity contribution in [2.24, 2.45) is 20.7 Å². The van der Waals surface area contributed by atoms with Crippen molar-refractivity contribution in [2.45, 2.75) is 70.1 Å². The van der Waals surface area contributed by atoms with Crippen molar-refractivity contribution in [3.63, 3.8) is 0 Å². The minimum Gasteiger partial charge on any atom is -0.480 e. The van der Waals surface area contributed by atoms with E-state index in [-0.39, 0.29) is 24.3 Å². The van der Waals surface area contributed by atoms with E-state index >= 15 is 4.39 Å². The second-order valence-electron chi connectivity index (χ2n) is 9.84. The lowest BCUT2D eigenvalue weighted by Crippen LogP contribution is -2.54. The van der Waals surface area contributed by atoms with Gasteiger partial charge in [0, 0.05) is 0 Å². The maximum absolute atomic E-state index is 16.0. The van der Waals surface area contributed by atoms with Gasteiger partial charge in [-0.05, 0) is 39.8 Å². The van der Waals surface area contributed by atoms with E-state index in [0.717, 1.165) is 0 Å². The van der Waals surface area contributed by atoms with E-state index in [2.05, 4.69) is 20.1 Å². The Morgan fingerprint density at radius 2 is 2.05 bits per heavy atom. The van der Waals surface area contributed by atoms with Crippen molar-refractivity contribution in [2.75, 3.05) is 20.4 Å². The Morgan fingerprint density at radius 3 is 2.70 bits per heavy atom. The number of nitrogens with two attached hydrogens (primary N) is 1. The number of hydrogen-bond donors (Lipinski definition) is 3. The number of benzene rings is 1. The minimum absolute atomic E-state index is 0.0315. The molecule has 1 aromatic rings. The summed E-state index contributed by atoms with van der Waals surface area (Å²) in [4.78, 5) is 26.4. The molecule has 4 rings (SSSR count). The fraction of sp³-hybridized carbons (Fsp3) is 0.583. The molecule has 0 spiro atoms. The first-order chi connectivity index (χ1) is 18.8. The van der Waals surface area contributed by atoms with Gasteiger partial charge in [-0.15, -0.1) is 0 Å². The van der Waals surface area contributed by atoms with E-state index in [1.807, 2.05) is 0 Å². The monoisotopic (exact) mass is 584 g/mol. The normalized spacial score (nSPS) is 30.6. The van der Waals surface area contributed by atoms with Crippen molar-refractivity contribution < 1.29 is 42.1 Å². The predicted molar refractivity (Wildman–Crippen MR) is 143 cm³/mol. The quantitative estimate of drug-likeness (QED) is 0.267. The maximum atomic E-state index is 16.0. The number of ether oxygens (including phenoxy) is 3. The number of carbonyl (C=O) groups excluding carboxylic acids is 1. The number of aliphatic hydroxyl groups excluding tert-OH is 1. The zero-order valence-electron chi connectivity index (χ0n) is 22.8. The highest BCUT2D eigenvalue weighted by Crippen LogP contribution is 2.47. The van der Waals surface area contributed by atoms with Crippen LogP contribution in [0.2, 0.25) is 0 Å². The Balaban J connectivity index is 1.49. The highest BCUT2D eigenvalue weighted by Gasteiger charge is 2.59. The Morgan fingerprint density at radius 1 is 1.35 bits per heavy atom. The molecule has 1 aromatic carbocycles. The molecule has 0 aromatic heterocycles. The highest BCUT2D eigenvalue weighted by molar-refractivity contribution is 7.52. The number of alkyl halides is 1. The summed E-state index contributed by atoms with van der Waals surface area (Å²) in [5.74, 6) is -0.426. The van der Waals surface area contributed by atoms with Crippen molar-refractivity contribution in [1.29, 1.82) is 0 Å². The van der Waals surface area contributed by atoms with Crippen LogP contribution >= 0.6 is 7.75 Å². The van der Waals surface area contributed by atoms with Gasteiger partial charge in [0.05, 0.1) is 26.5 Å².